The summed E-state index contributed by atoms with van der Waals surface area (Å²) in [5.74, 6) is 0.0325. The summed E-state index contributed by atoms with van der Waals surface area (Å²) >= 11 is 0. The summed E-state index contributed by atoms with van der Waals surface area (Å²) in [5, 5.41) is 12.7. The highest BCUT2D eigenvalue weighted by atomic mass is 16.3. The molecule has 1 aromatic heterocycles. The van der Waals surface area contributed by atoms with Gasteiger partial charge in [-0.3, -0.25) is 9.78 Å². The van der Waals surface area contributed by atoms with E-state index in [4.69, 9.17) is 0 Å². The lowest BCUT2D eigenvalue weighted by atomic mass is 10.0. The minimum Gasteiger partial charge on any atom is -0.386 e. The molecule has 26 heavy (non-hydrogen) atoms. The molecule has 0 aliphatic carbocycles. The van der Waals surface area contributed by atoms with Gasteiger partial charge in [0, 0.05) is 24.5 Å². The van der Waals surface area contributed by atoms with Crippen molar-refractivity contribution in [3.63, 3.8) is 0 Å². The van der Waals surface area contributed by atoms with Crippen LogP contribution in [0.1, 0.15) is 30.6 Å². The summed E-state index contributed by atoms with van der Waals surface area (Å²) in [6, 6.07) is 17.9. The second-order valence-corrected chi connectivity index (χ2v) is 6.50. The summed E-state index contributed by atoms with van der Waals surface area (Å²) in [6.45, 7) is 2.95. The lowest BCUT2D eigenvalue weighted by Crippen LogP contribution is -2.36. The van der Waals surface area contributed by atoms with Crippen molar-refractivity contribution in [2.75, 3.05) is 13.1 Å². The molecule has 1 heterocycles. The number of fused-ring (bicyclic) bond motifs is 1. The lowest BCUT2D eigenvalue weighted by molar-refractivity contribution is -0.132. The van der Waals surface area contributed by atoms with Crippen molar-refractivity contribution in [1.29, 1.82) is 0 Å². The maximum absolute atomic E-state index is 12.8. The molecule has 3 rings (SSSR count). The molecule has 3 aromatic rings. The Morgan fingerprint density at radius 1 is 1.12 bits per heavy atom. The molecular formula is C22H24N2O2. The van der Waals surface area contributed by atoms with Gasteiger partial charge in [-0.2, -0.15) is 0 Å². The number of aliphatic hydroxyl groups excluding tert-OH is 1. The smallest absolute Gasteiger partial charge is 0.227 e. The molecule has 0 aliphatic rings. The molecule has 0 saturated carbocycles. The van der Waals surface area contributed by atoms with Gasteiger partial charge in [-0.25, -0.2) is 0 Å². The number of pyridine rings is 1. The van der Waals surface area contributed by atoms with Crippen LogP contribution < -0.4 is 0 Å². The summed E-state index contributed by atoms with van der Waals surface area (Å²) in [5.41, 5.74) is 1.72. The SMILES string of the molecule is CCCN(CC(O)c1cccnc1)C(=O)Cc1ccc2ccccc2c1. The Balaban J connectivity index is 1.71. The van der Waals surface area contributed by atoms with E-state index in [1.807, 2.05) is 37.3 Å². The van der Waals surface area contributed by atoms with Crippen LogP contribution in [0.25, 0.3) is 10.8 Å². The van der Waals surface area contributed by atoms with Crippen LogP contribution in [0.15, 0.2) is 67.0 Å². The number of carbonyl (C=O) groups is 1. The van der Waals surface area contributed by atoms with Gasteiger partial charge in [0.1, 0.15) is 0 Å². The molecule has 2 aromatic carbocycles. The van der Waals surface area contributed by atoms with Gasteiger partial charge >= 0.3 is 0 Å². The van der Waals surface area contributed by atoms with Crippen LogP contribution in [-0.2, 0) is 11.2 Å². The summed E-state index contributed by atoms with van der Waals surface area (Å²) in [7, 11) is 0. The lowest BCUT2D eigenvalue weighted by Gasteiger charge is -2.25. The number of rotatable bonds is 7. The van der Waals surface area contributed by atoms with Crippen LogP contribution >= 0.6 is 0 Å². The van der Waals surface area contributed by atoms with Crippen molar-refractivity contribution in [3.8, 4) is 0 Å². The third-order valence-electron chi connectivity index (χ3n) is 4.48. The molecule has 1 atom stereocenters. The molecule has 0 spiro atoms. The van der Waals surface area contributed by atoms with Crippen LogP contribution in [-0.4, -0.2) is 34.0 Å². The van der Waals surface area contributed by atoms with E-state index in [0.717, 1.165) is 22.9 Å². The molecule has 1 unspecified atom stereocenters. The Bertz CT molecular complexity index is 864. The predicted octanol–water partition coefficient (Wildman–Crippen LogP) is 3.75. The predicted molar refractivity (Wildman–Crippen MR) is 104 cm³/mol. The standard InChI is InChI=1S/C22H24N2O2/c1-2-12-24(16-21(25)20-8-5-11-23-15-20)22(26)14-17-9-10-18-6-3-4-7-19(18)13-17/h3-11,13,15,21,25H,2,12,14,16H2,1H3. The molecular weight excluding hydrogens is 324 g/mol. The Hall–Kier alpha value is -2.72. The second kappa shape index (κ2) is 8.59. The van der Waals surface area contributed by atoms with E-state index in [-0.39, 0.29) is 12.5 Å². The van der Waals surface area contributed by atoms with Crippen molar-refractivity contribution < 1.29 is 9.90 Å². The number of hydrogen-bond acceptors (Lipinski definition) is 3. The number of aliphatic hydroxyl groups is 1. The van der Waals surface area contributed by atoms with Gasteiger partial charge in [-0.1, -0.05) is 55.5 Å². The van der Waals surface area contributed by atoms with Crippen molar-refractivity contribution in [3.05, 3.63) is 78.1 Å². The molecule has 1 amide bonds. The minimum atomic E-state index is -0.726. The average molecular weight is 348 g/mol. The Kier molecular flexibility index (Phi) is 5.97. The van der Waals surface area contributed by atoms with E-state index in [2.05, 4.69) is 23.2 Å². The van der Waals surface area contributed by atoms with Crippen LogP contribution in [0, 0.1) is 0 Å². The quantitative estimate of drug-likeness (QED) is 0.707. The average Bonchev–Trinajstić information content (AvgIpc) is 2.68. The fraction of sp³-hybridized carbons (Fsp3) is 0.273. The Morgan fingerprint density at radius 3 is 2.65 bits per heavy atom. The fourth-order valence-electron chi connectivity index (χ4n) is 3.11. The maximum atomic E-state index is 12.8. The zero-order valence-corrected chi connectivity index (χ0v) is 15.0. The number of benzene rings is 2. The summed E-state index contributed by atoms with van der Waals surface area (Å²) < 4.78 is 0. The first-order valence-corrected chi connectivity index (χ1v) is 9.01. The van der Waals surface area contributed by atoms with Gasteiger partial charge in [0.05, 0.1) is 19.1 Å². The maximum Gasteiger partial charge on any atom is 0.227 e. The molecule has 134 valence electrons. The fourth-order valence-corrected chi connectivity index (χ4v) is 3.11. The number of aromatic nitrogens is 1. The van der Waals surface area contributed by atoms with Crippen LogP contribution in [0.2, 0.25) is 0 Å². The van der Waals surface area contributed by atoms with Crippen LogP contribution in [0.3, 0.4) is 0 Å². The molecule has 0 fully saturated rings. The second-order valence-electron chi connectivity index (χ2n) is 6.50. The third-order valence-corrected chi connectivity index (χ3v) is 4.48. The van der Waals surface area contributed by atoms with Crippen molar-refractivity contribution in [2.24, 2.45) is 0 Å². The van der Waals surface area contributed by atoms with Gasteiger partial charge in [-0.15, -0.1) is 0 Å². The van der Waals surface area contributed by atoms with E-state index in [1.54, 1.807) is 23.4 Å². The highest BCUT2D eigenvalue weighted by Gasteiger charge is 2.18. The monoisotopic (exact) mass is 348 g/mol. The highest BCUT2D eigenvalue weighted by Crippen LogP contribution is 2.18. The number of carbonyl (C=O) groups excluding carboxylic acids is 1. The van der Waals surface area contributed by atoms with E-state index in [0.29, 0.717) is 13.0 Å². The largest absolute Gasteiger partial charge is 0.386 e. The van der Waals surface area contributed by atoms with Crippen molar-refractivity contribution >= 4 is 16.7 Å². The van der Waals surface area contributed by atoms with Gasteiger partial charge in [0.25, 0.3) is 0 Å². The molecule has 4 heteroatoms. The van der Waals surface area contributed by atoms with Crippen molar-refractivity contribution in [1.82, 2.24) is 9.88 Å². The molecule has 0 aliphatic heterocycles. The Labute approximate surface area is 154 Å². The molecule has 0 saturated heterocycles. The van der Waals surface area contributed by atoms with E-state index in [1.165, 1.54) is 5.39 Å². The van der Waals surface area contributed by atoms with E-state index < -0.39 is 6.10 Å². The summed E-state index contributed by atoms with van der Waals surface area (Å²) in [4.78, 5) is 18.6. The molecule has 0 bridgehead atoms. The van der Waals surface area contributed by atoms with Crippen molar-refractivity contribution in [2.45, 2.75) is 25.9 Å². The van der Waals surface area contributed by atoms with Gasteiger partial charge in [0.2, 0.25) is 5.91 Å². The topological polar surface area (TPSA) is 53.4 Å². The number of hydrogen-bond donors (Lipinski definition) is 1. The zero-order valence-electron chi connectivity index (χ0n) is 15.0. The number of amides is 1. The minimum absolute atomic E-state index is 0.0325. The first-order valence-electron chi connectivity index (χ1n) is 9.01. The summed E-state index contributed by atoms with van der Waals surface area (Å²) in [6.07, 6.45) is 3.78. The molecule has 0 radical (unpaired) electrons. The van der Waals surface area contributed by atoms with Gasteiger partial charge in [0.15, 0.2) is 0 Å². The Morgan fingerprint density at radius 2 is 1.92 bits per heavy atom. The van der Waals surface area contributed by atoms with Crippen LogP contribution in [0.5, 0.6) is 0 Å². The normalized spacial score (nSPS) is 12.1. The molecule has 1 N–H and O–H groups in total. The van der Waals surface area contributed by atoms with Gasteiger partial charge < -0.3 is 10.0 Å². The third kappa shape index (κ3) is 4.46. The van der Waals surface area contributed by atoms with Gasteiger partial charge in [-0.05, 0) is 28.8 Å². The highest BCUT2D eigenvalue weighted by molar-refractivity contribution is 5.85. The molecule has 4 nitrogen and oxygen atoms in total. The van der Waals surface area contributed by atoms with Crippen LogP contribution in [0.4, 0.5) is 0 Å². The van der Waals surface area contributed by atoms with E-state index >= 15 is 0 Å². The first kappa shape index (κ1) is 18.1. The van der Waals surface area contributed by atoms with E-state index in [9.17, 15) is 9.90 Å². The first-order chi connectivity index (χ1) is 12.7. The number of nitrogens with zero attached hydrogens (tertiary/aromatic N) is 2. The zero-order chi connectivity index (χ0) is 18.4.